The summed E-state index contributed by atoms with van der Waals surface area (Å²) in [5.41, 5.74) is 0.523. The maximum Gasteiger partial charge on any atom is 0.301 e. The molecule has 0 atom stereocenters. The number of halogens is 1. The fourth-order valence-corrected chi connectivity index (χ4v) is 2.53. The van der Waals surface area contributed by atoms with Crippen LogP contribution >= 0.6 is 15.9 Å². The third kappa shape index (κ3) is 5.79. The van der Waals surface area contributed by atoms with Crippen LogP contribution in [0.15, 0.2) is 41.3 Å². The van der Waals surface area contributed by atoms with Crippen LogP contribution in [-0.2, 0) is 15.9 Å². The van der Waals surface area contributed by atoms with E-state index in [-0.39, 0.29) is 22.3 Å². The molecule has 0 aliphatic carbocycles. The lowest BCUT2D eigenvalue weighted by Crippen LogP contribution is -2.10. The number of hydrogen-bond acceptors (Lipinski definition) is 8. The van der Waals surface area contributed by atoms with Gasteiger partial charge in [0.15, 0.2) is 10.9 Å². The molecule has 2 aromatic rings. The summed E-state index contributed by atoms with van der Waals surface area (Å²) in [5.74, 6) is 0. The number of nitro groups is 2. The lowest BCUT2D eigenvalue weighted by Gasteiger charge is -2.07. The van der Waals surface area contributed by atoms with Gasteiger partial charge in [-0.05, 0) is 28.1 Å². The Bertz CT molecular complexity index is 769. The summed E-state index contributed by atoms with van der Waals surface area (Å²) in [5, 5.41) is 20.9. The molecule has 1 aliphatic heterocycles. The maximum absolute atomic E-state index is 10.7. The largest absolute Gasteiger partial charge is 0.350 e. The highest BCUT2D eigenvalue weighted by atomic mass is 79.9. The topological polar surface area (TPSA) is 131 Å². The standard InChI is InChI=1S/C10H12N2O4.C5H3BrN2O2/c13-12(14)9-2-1-5-11-8(9)3-4-10-15-6-7-16-10;6-5-4(8(9)10)2-1-3-7-5/h1-2,5,10H,3-4,6-7H2;1-3H. The first-order valence-electron chi connectivity index (χ1n) is 7.55. The molecule has 0 N–H and O–H groups in total. The molecule has 0 unspecified atom stereocenters. The molecule has 0 aromatic carbocycles. The molecule has 3 heterocycles. The zero-order valence-corrected chi connectivity index (χ0v) is 15.1. The highest BCUT2D eigenvalue weighted by Crippen LogP contribution is 2.20. The Balaban J connectivity index is 0.000000209. The fraction of sp³-hybridized carbons (Fsp3) is 0.333. The van der Waals surface area contributed by atoms with Gasteiger partial charge in [-0.25, -0.2) is 4.98 Å². The molecule has 0 radical (unpaired) electrons. The Labute approximate surface area is 156 Å². The van der Waals surface area contributed by atoms with Crippen molar-refractivity contribution in [1.29, 1.82) is 0 Å². The predicted molar refractivity (Wildman–Crippen MR) is 93.5 cm³/mol. The molecule has 11 heteroatoms. The van der Waals surface area contributed by atoms with Crippen LogP contribution in [0.3, 0.4) is 0 Å². The summed E-state index contributed by atoms with van der Waals surface area (Å²) in [6, 6.07) is 5.92. The van der Waals surface area contributed by atoms with E-state index in [1.54, 1.807) is 12.3 Å². The molecule has 2 aromatic heterocycles. The van der Waals surface area contributed by atoms with Crippen molar-refractivity contribution >= 4 is 27.3 Å². The normalized spacial score (nSPS) is 13.7. The second-order valence-corrected chi connectivity index (χ2v) is 5.76. The summed E-state index contributed by atoms with van der Waals surface area (Å²) in [4.78, 5) is 27.7. The van der Waals surface area contributed by atoms with Gasteiger partial charge in [-0.1, -0.05) is 0 Å². The monoisotopic (exact) mass is 426 g/mol. The minimum Gasteiger partial charge on any atom is -0.350 e. The number of aryl methyl sites for hydroxylation is 1. The van der Waals surface area contributed by atoms with Crippen LogP contribution in [0.2, 0.25) is 0 Å². The van der Waals surface area contributed by atoms with Crippen LogP contribution in [0.5, 0.6) is 0 Å². The summed E-state index contributed by atoms with van der Waals surface area (Å²) in [6.07, 6.45) is 3.87. The SMILES string of the molecule is O=[N+]([O-])c1cccnc1Br.O=[N+]([O-])c1cccnc1CCC1OCCO1. The van der Waals surface area contributed by atoms with Crippen LogP contribution in [0.4, 0.5) is 11.4 Å². The van der Waals surface area contributed by atoms with E-state index in [4.69, 9.17) is 9.47 Å². The quantitative estimate of drug-likeness (QED) is 0.404. The average molecular weight is 427 g/mol. The van der Waals surface area contributed by atoms with Crippen molar-refractivity contribution in [2.45, 2.75) is 19.1 Å². The number of hydrogen-bond donors (Lipinski definition) is 0. The molecule has 10 nitrogen and oxygen atoms in total. The zero-order chi connectivity index (χ0) is 18.9. The van der Waals surface area contributed by atoms with Crippen molar-refractivity contribution in [1.82, 2.24) is 9.97 Å². The number of ether oxygens (including phenoxy) is 2. The number of nitrogens with zero attached hydrogens (tertiary/aromatic N) is 4. The molecule has 0 saturated carbocycles. The van der Waals surface area contributed by atoms with Crippen molar-refractivity contribution in [2.24, 2.45) is 0 Å². The summed E-state index contributed by atoms with van der Waals surface area (Å²) in [7, 11) is 0. The Morgan fingerprint density at radius 1 is 1.04 bits per heavy atom. The molecule has 0 bridgehead atoms. The molecule has 1 saturated heterocycles. The first-order valence-corrected chi connectivity index (χ1v) is 8.34. The van der Waals surface area contributed by atoms with Crippen LogP contribution in [-0.4, -0.2) is 39.3 Å². The van der Waals surface area contributed by atoms with Gasteiger partial charge in [-0.15, -0.1) is 0 Å². The van der Waals surface area contributed by atoms with E-state index in [1.807, 2.05) is 0 Å². The number of aromatic nitrogens is 2. The third-order valence-corrected chi connectivity index (χ3v) is 3.92. The molecule has 3 rings (SSSR count). The van der Waals surface area contributed by atoms with Gasteiger partial charge in [0, 0.05) is 37.4 Å². The van der Waals surface area contributed by atoms with Crippen molar-refractivity contribution in [2.75, 3.05) is 13.2 Å². The third-order valence-electron chi connectivity index (χ3n) is 3.31. The molecule has 138 valence electrons. The molecule has 0 amide bonds. The average Bonchev–Trinajstić information content (AvgIpc) is 3.14. The second-order valence-electron chi connectivity index (χ2n) is 5.01. The summed E-state index contributed by atoms with van der Waals surface area (Å²) in [6.45, 7) is 1.18. The molecule has 0 spiro atoms. The second kappa shape index (κ2) is 9.85. The fourth-order valence-electron chi connectivity index (χ4n) is 2.13. The predicted octanol–water partition coefficient (Wildman–Crippen LogP) is 3.05. The Morgan fingerprint density at radius 3 is 2.15 bits per heavy atom. The van der Waals surface area contributed by atoms with E-state index in [0.717, 1.165) is 0 Å². The van der Waals surface area contributed by atoms with Crippen LogP contribution in [0, 0.1) is 20.2 Å². The Hall–Kier alpha value is -2.50. The Kier molecular flexibility index (Phi) is 7.51. The van der Waals surface area contributed by atoms with E-state index in [0.29, 0.717) is 31.7 Å². The molecule has 26 heavy (non-hydrogen) atoms. The van der Waals surface area contributed by atoms with Gasteiger partial charge in [0.25, 0.3) is 5.69 Å². The lowest BCUT2D eigenvalue weighted by atomic mass is 10.2. The number of rotatable bonds is 5. The first-order chi connectivity index (χ1) is 12.5. The van der Waals surface area contributed by atoms with E-state index in [2.05, 4.69) is 25.9 Å². The molecule has 1 fully saturated rings. The smallest absolute Gasteiger partial charge is 0.301 e. The van der Waals surface area contributed by atoms with Gasteiger partial charge in [-0.3, -0.25) is 25.2 Å². The molecular weight excluding hydrogens is 412 g/mol. The van der Waals surface area contributed by atoms with Crippen molar-refractivity contribution in [3.05, 3.63) is 67.2 Å². The van der Waals surface area contributed by atoms with Crippen LogP contribution < -0.4 is 0 Å². The molecular formula is C15H15BrN4O6. The zero-order valence-electron chi connectivity index (χ0n) is 13.5. The molecule has 1 aliphatic rings. The highest BCUT2D eigenvalue weighted by molar-refractivity contribution is 9.10. The van der Waals surface area contributed by atoms with E-state index in [9.17, 15) is 20.2 Å². The minimum atomic E-state index is -0.489. The van der Waals surface area contributed by atoms with Crippen LogP contribution in [0.25, 0.3) is 0 Å². The summed E-state index contributed by atoms with van der Waals surface area (Å²) < 4.78 is 10.8. The van der Waals surface area contributed by atoms with Crippen molar-refractivity contribution in [3.63, 3.8) is 0 Å². The summed E-state index contributed by atoms with van der Waals surface area (Å²) >= 11 is 2.94. The van der Waals surface area contributed by atoms with Gasteiger partial charge in [0.05, 0.1) is 23.1 Å². The highest BCUT2D eigenvalue weighted by Gasteiger charge is 2.19. The van der Waals surface area contributed by atoms with Gasteiger partial charge < -0.3 is 9.47 Å². The van der Waals surface area contributed by atoms with Crippen molar-refractivity contribution in [3.8, 4) is 0 Å². The first kappa shape index (κ1) is 19.8. The van der Waals surface area contributed by atoms with E-state index in [1.165, 1.54) is 24.4 Å². The minimum absolute atomic E-state index is 0.0116. The van der Waals surface area contributed by atoms with E-state index < -0.39 is 9.85 Å². The van der Waals surface area contributed by atoms with Gasteiger partial charge >= 0.3 is 5.69 Å². The van der Waals surface area contributed by atoms with E-state index >= 15 is 0 Å². The van der Waals surface area contributed by atoms with Gasteiger partial charge in [0.1, 0.15) is 5.69 Å². The van der Waals surface area contributed by atoms with Crippen molar-refractivity contribution < 1.29 is 19.3 Å². The van der Waals surface area contributed by atoms with Gasteiger partial charge in [0.2, 0.25) is 0 Å². The van der Waals surface area contributed by atoms with Crippen LogP contribution in [0.1, 0.15) is 12.1 Å². The maximum atomic E-state index is 10.7. The number of pyridine rings is 2. The lowest BCUT2D eigenvalue weighted by molar-refractivity contribution is -0.386. The Morgan fingerprint density at radius 2 is 1.62 bits per heavy atom. The van der Waals surface area contributed by atoms with Gasteiger partial charge in [-0.2, -0.15) is 0 Å².